The minimum absolute atomic E-state index is 0.0169. The van der Waals surface area contributed by atoms with Crippen molar-refractivity contribution in [2.24, 2.45) is 0 Å². The zero-order valence-electron chi connectivity index (χ0n) is 75.5. The van der Waals surface area contributed by atoms with Gasteiger partial charge in [0.15, 0.2) is 16.9 Å². The molecule has 5 aliphatic rings. The van der Waals surface area contributed by atoms with Gasteiger partial charge in [-0.15, -0.1) is 0 Å². The number of nitrogens with zero attached hydrogens (tertiary/aromatic N) is 12. The van der Waals surface area contributed by atoms with Crippen LogP contribution in [0.4, 0.5) is 0 Å². The number of pyridine rings is 4. The van der Waals surface area contributed by atoms with Crippen molar-refractivity contribution < 1.29 is 72.6 Å². The highest BCUT2D eigenvalue weighted by Gasteiger charge is 2.33. The van der Waals surface area contributed by atoms with Crippen molar-refractivity contribution in [1.82, 2.24) is 36.8 Å². The molecule has 0 saturated carbocycles. The van der Waals surface area contributed by atoms with E-state index >= 15 is 0 Å². The fourth-order valence-corrected chi connectivity index (χ4v) is 23.8. The number of hydrogen-bond donors (Lipinski definition) is 1. The Kier molecular flexibility index (Phi) is 30.4. The Balaban J connectivity index is 0.000000129. The molecule has 5 fully saturated rings. The maximum Gasteiger partial charge on any atom is 0.270 e. The zero-order valence-corrected chi connectivity index (χ0v) is 83.3. The van der Waals surface area contributed by atoms with Gasteiger partial charge in [0, 0.05) is 136 Å². The minimum atomic E-state index is -4.14. The van der Waals surface area contributed by atoms with Crippen molar-refractivity contribution in [3.05, 3.63) is 296 Å². The number of rotatable bonds is 21. The predicted octanol–water partition coefficient (Wildman–Crippen LogP) is 21.0. The predicted molar refractivity (Wildman–Crippen MR) is 544 cm³/mol. The molecule has 0 radical (unpaired) electrons. The van der Waals surface area contributed by atoms with Gasteiger partial charge < -0.3 is 52.4 Å². The highest BCUT2D eigenvalue weighted by atomic mass is 127. The van der Waals surface area contributed by atoms with E-state index < -0.39 is 30.1 Å². The van der Waals surface area contributed by atoms with E-state index in [1.165, 1.54) is 24.0 Å². The van der Waals surface area contributed by atoms with E-state index in [0.717, 1.165) is 112 Å². The first kappa shape index (κ1) is 97.5. The number of aromatic amines is 1. The number of fused-ring (bicyclic) bond motifs is 4. The van der Waals surface area contributed by atoms with E-state index in [-0.39, 0.29) is 50.9 Å². The van der Waals surface area contributed by atoms with Crippen LogP contribution in [0.15, 0.2) is 279 Å². The van der Waals surface area contributed by atoms with Gasteiger partial charge in [-0.1, -0.05) is 66.7 Å². The van der Waals surface area contributed by atoms with Gasteiger partial charge in [-0.2, -0.15) is 26.3 Å². The second-order valence-electron chi connectivity index (χ2n) is 33.5. The van der Waals surface area contributed by atoms with Gasteiger partial charge in [0.05, 0.1) is 124 Å². The lowest BCUT2D eigenvalue weighted by Crippen LogP contribution is -2.26. The molecule has 5 aliphatic heterocycles. The van der Waals surface area contributed by atoms with E-state index in [1.807, 2.05) is 77.2 Å². The van der Waals surface area contributed by atoms with E-state index in [9.17, 15) is 51.6 Å². The average molecular weight is 2180 g/mol. The molecule has 29 nitrogen and oxygen atoms in total. The van der Waals surface area contributed by atoms with Gasteiger partial charge in [0.1, 0.15) is 95.3 Å². The zero-order chi connectivity index (χ0) is 97.7. The second-order valence-corrected chi connectivity index (χ2v) is 41.7. The Labute approximate surface area is 843 Å². The number of hydrogen-bond acceptors (Lipinski definition) is 25. The molecule has 35 heteroatoms. The molecule has 8 aromatic heterocycles. The lowest BCUT2D eigenvalue weighted by atomic mass is 10.0. The van der Waals surface area contributed by atoms with Crippen LogP contribution in [0, 0.1) is 60.4 Å². The topological polar surface area (TPSA) is 396 Å². The van der Waals surface area contributed by atoms with Gasteiger partial charge in [0.2, 0.25) is 0 Å². The minimum Gasteiger partial charge on any atom is -0.489 e. The van der Waals surface area contributed by atoms with Crippen molar-refractivity contribution >= 4 is 129 Å². The van der Waals surface area contributed by atoms with Crippen molar-refractivity contribution in [2.75, 3.05) is 66.1 Å². The number of aromatic nitrogens is 8. The smallest absolute Gasteiger partial charge is 0.270 e. The Morgan fingerprint density at radius 1 is 0.319 bits per heavy atom. The summed E-state index contributed by atoms with van der Waals surface area (Å²) in [6.45, 7) is 6.39. The summed E-state index contributed by atoms with van der Waals surface area (Å²) in [4.78, 5) is 21.5. The van der Waals surface area contributed by atoms with E-state index in [4.69, 9.17) is 47.4 Å². The quantitative estimate of drug-likeness (QED) is 0.0653. The molecule has 16 aromatic rings. The standard InChI is InChI=1S/C37H32N4O6S.C31H28N4O4.C25H20BrN3O4S.C13H8BrIN2O2S/c38-23-27-20-25(6-8-35(27)46-29-11-16-44-17-12-29)32-10-15-40-37-33(32)22-34(41(37)48(42,43)31-4-2-1-3-5-31)26-7-9-36(28(21-26)24-39)47-30-13-18-45-19-14-30;32-18-22-15-20(1-3-29(22)38-24-6-11-36-12-7-24)26-5-10-34-31-27(26)17-28(35-31)21-2-4-30(23(16-21)19-33)39-25-8-13-37-14-9-25;26-22-8-11-28-25-21(22)15-23(29(25)34(30,31)20-4-2-1-3-5-20)17-6-7-24(18(14-17)16-27)33-19-9-12-32-13-10-19;14-11-6-7-16-13-10(11)8-12(15)17(13)20(18,19)9-4-2-1-3-5-9/h1-10,15,20-22,29-30H,11-14,16-19H2;1-5,10,15-17,24-25H,6-9,11-14H2,(H,34,35);1-8,11,14-15,19H,9-10,12-13H2;1-8H. The molecule has 0 aliphatic carbocycles. The summed E-state index contributed by atoms with van der Waals surface area (Å²) in [5.41, 5.74) is 10.5. The molecular formula is C106H88Br2IN13O16S3. The maximum absolute atomic E-state index is 14.3. The molecule has 13 heterocycles. The van der Waals surface area contributed by atoms with Gasteiger partial charge in [-0.05, 0) is 246 Å². The monoisotopic (exact) mass is 2180 g/mol. The van der Waals surface area contributed by atoms with Gasteiger partial charge in [-0.25, -0.2) is 57.1 Å². The number of ether oxygens (including phenoxy) is 10. The van der Waals surface area contributed by atoms with E-state index in [1.54, 1.807) is 189 Å². The van der Waals surface area contributed by atoms with Crippen LogP contribution in [0.1, 0.15) is 92.0 Å². The maximum atomic E-state index is 14.3. The molecule has 0 bridgehead atoms. The summed E-state index contributed by atoms with van der Waals surface area (Å²) in [5, 5.41) is 52.5. The SMILES string of the molecule is N#Cc1cc(-c2cc3c(-c4ccc(OC5CCOCC5)c(C#N)c4)ccnc3[nH]2)ccc1OC1CCOCC1.N#Cc1cc(-c2cc3c(Br)ccnc3n2S(=O)(=O)c2ccccc2)ccc1OC1CCOCC1.N#Cc1cc(-c2ccnc3c2cc(-c2ccc(OC4CCOCC4)c(C#N)c2)n3S(=O)(=O)c2ccccc2)ccc1OC1CCOCC1.O=S(=O)(c1ccccc1)n1c(I)cc2c(Br)ccnc21. The van der Waals surface area contributed by atoms with Crippen LogP contribution in [0.2, 0.25) is 0 Å². The first-order valence-corrected chi connectivity index (χ1v) is 52.5. The summed E-state index contributed by atoms with van der Waals surface area (Å²) in [7, 11) is -11.8. The molecule has 0 atom stereocenters. The van der Waals surface area contributed by atoms with E-state index in [2.05, 4.69) is 87.1 Å². The number of nitriles is 5. The Morgan fingerprint density at radius 3 is 0.965 bits per heavy atom. The fourth-order valence-electron chi connectivity index (χ4n) is 17.3. The molecule has 0 unspecified atom stereocenters. The summed E-state index contributed by atoms with van der Waals surface area (Å²) in [5.74, 6) is 2.60. The lowest BCUT2D eigenvalue weighted by molar-refractivity contribution is 0.0252. The molecule has 5 saturated heterocycles. The fraction of sp³-hybridized carbons (Fsp3) is 0.236. The molecule has 0 amide bonds. The first-order valence-electron chi connectivity index (χ1n) is 45.5. The molecule has 0 spiro atoms. The third-order valence-electron chi connectivity index (χ3n) is 24.5. The number of nitrogens with one attached hydrogen (secondary N) is 1. The van der Waals surface area contributed by atoms with Gasteiger partial charge in [-0.3, -0.25) is 0 Å². The van der Waals surface area contributed by atoms with Crippen LogP contribution in [0.3, 0.4) is 0 Å². The average Bonchev–Trinajstić information content (AvgIpc) is 1.59. The van der Waals surface area contributed by atoms with Crippen molar-refractivity contribution in [1.29, 1.82) is 26.3 Å². The molecule has 8 aromatic carbocycles. The molecular weight excluding hydrogens is 2090 g/mol. The van der Waals surface area contributed by atoms with Crippen LogP contribution in [-0.4, -0.2) is 159 Å². The highest BCUT2D eigenvalue weighted by molar-refractivity contribution is 14.1. The van der Waals surface area contributed by atoms with Crippen LogP contribution < -0.4 is 23.7 Å². The highest BCUT2D eigenvalue weighted by Crippen LogP contribution is 2.44. The van der Waals surface area contributed by atoms with Crippen molar-refractivity contribution in [3.63, 3.8) is 0 Å². The van der Waals surface area contributed by atoms with Crippen molar-refractivity contribution in [2.45, 2.75) is 109 Å². The van der Waals surface area contributed by atoms with Crippen LogP contribution >= 0.6 is 54.5 Å². The van der Waals surface area contributed by atoms with Crippen molar-refractivity contribution in [3.8, 4) is 115 Å². The Hall–Kier alpha value is -13.7. The normalized spacial score (nSPS) is 15.2. The Morgan fingerprint density at radius 2 is 0.603 bits per heavy atom. The van der Waals surface area contributed by atoms with Crippen LogP contribution in [-0.2, 0) is 53.8 Å². The lowest BCUT2D eigenvalue weighted by Gasteiger charge is -2.24. The second kappa shape index (κ2) is 44.0. The van der Waals surface area contributed by atoms with Gasteiger partial charge >= 0.3 is 0 Å². The van der Waals surface area contributed by atoms with Crippen LogP contribution in [0.5, 0.6) is 28.7 Å². The summed E-state index contributed by atoms with van der Waals surface area (Å²) in [6.07, 6.45) is 14.2. The third-order valence-corrected chi connectivity index (χ3v) is 32.2. The first-order chi connectivity index (χ1) is 68.7. The molecule has 1 N–H and O–H groups in total. The summed E-state index contributed by atoms with van der Waals surface area (Å²) >= 11 is 8.93. The third kappa shape index (κ3) is 21.5. The number of halogens is 3. The Bertz CT molecular complexity index is 7950. The van der Waals surface area contributed by atoms with Crippen LogP contribution in [0.25, 0.3) is 100 Å². The molecule has 21 rings (SSSR count). The largest absolute Gasteiger partial charge is 0.489 e. The number of benzene rings is 8. The molecule has 141 heavy (non-hydrogen) atoms. The molecule has 712 valence electrons. The van der Waals surface area contributed by atoms with Gasteiger partial charge in [0.25, 0.3) is 30.1 Å². The summed E-state index contributed by atoms with van der Waals surface area (Å²) < 4.78 is 145. The van der Waals surface area contributed by atoms with E-state index in [0.29, 0.717) is 182 Å². The number of H-pyrrole nitrogens is 1. The summed E-state index contributed by atoms with van der Waals surface area (Å²) in [6, 6.07) is 77.7.